The lowest BCUT2D eigenvalue weighted by Crippen LogP contribution is -2.22. The Morgan fingerprint density at radius 2 is 1.24 bits per heavy atom. The Morgan fingerprint density at radius 1 is 0.824 bits per heavy atom. The summed E-state index contributed by atoms with van der Waals surface area (Å²) in [5.74, 6) is 0.108. The maximum atomic E-state index is 12.5. The van der Waals surface area contributed by atoms with Crippen LogP contribution in [0.1, 0.15) is 136 Å². The van der Waals surface area contributed by atoms with Crippen molar-refractivity contribution in [1.29, 1.82) is 0 Å². The second kappa shape index (κ2) is 15.1. The summed E-state index contributed by atoms with van der Waals surface area (Å²) in [4.78, 5) is 12.5. The van der Waals surface area contributed by atoms with Crippen LogP contribution in [0.25, 0.3) is 0 Å². The quantitative estimate of drug-likeness (QED) is 0.146. The summed E-state index contributed by atoms with van der Waals surface area (Å²) in [6.07, 6.45) is 14.5. The molecule has 0 spiro atoms. The van der Waals surface area contributed by atoms with Gasteiger partial charge in [0.05, 0.1) is 6.61 Å². The van der Waals surface area contributed by atoms with Gasteiger partial charge in [-0.2, -0.15) is 12.6 Å². The molecule has 34 heavy (non-hydrogen) atoms. The molecule has 0 bridgehead atoms. The fraction of sp³-hybridized carbons (Fsp3) is 0.767. The van der Waals surface area contributed by atoms with Crippen LogP contribution in [-0.2, 0) is 26.8 Å². The molecule has 0 saturated heterocycles. The van der Waals surface area contributed by atoms with Crippen LogP contribution in [0.2, 0.25) is 0 Å². The van der Waals surface area contributed by atoms with Gasteiger partial charge in [0.25, 0.3) is 0 Å². The second-order valence-corrected chi connectivity index (χ2v) is 12.6. The maximum Gasteiger partial charge on any atom is 0.319 e. The molecular formula is C30H52O3S. The number of rotatable bonds is 15. The monoisotopic (exact) mass is 492 g/mol. The zero-order valence-corrected chi connectivity index (χ0v) is 24.0. The van der Waals surface area contributed by atoms with Crippen LogP contribution < -0.4 is 0 Å². The van der Waals surface area contributed by atoms with E-state index >= 15 is 0 Å². The van der Waals surface area contributed by atoms with Gasteiger partial charge in [0, 0.05) is 0 Å². The average molecular weight is 493 g/mol. The molecule has 0 amide bonds. The number of phenols is 1. The van der Waals surface area contributed by atoms with Gasteiger partial charge in [-0.25, -0.2) is 0 Å². The largest absolute Gasteiger partial charge is 0.507 e. The molecule has 1 aromatic carbocycles. The third-order valence-corrected chi connectivity index (χ3v) is 6.87. The van der Waals surface area contributed by atoms with Crippen LogP contribution in [0.4, 0.5) is 0 Å². The predicted octanol–water partition coefficient (Wildman–Crippen LogP) is 8.68. The molecule has 0 fully saturated rings. The third kappa shape index (κ3) is 11.5. The minimum Gasteiger partial charge on any atom is -0.507 e. The smallest absolute Gasteiger partial charge is 0.319 e. The first-order chi connectivity index (χ1) is 15.9. The first-order valence-electron chi connectivity index (χ1n) is 13.6. The minimum absolute atomic E-state index is 0.193. The minimum atomic E-state index is -0.502. The van der Waals surface area contributed by atoms with Gasteiger partial charge in [-0.3, -0.25) is 4.79 Å². The number of carbonyl (C=O) groups is 1. The fourth-order valence-electron chi connectivity index (χ4n) is 4.30. The van der Waals surface area contributed by atoms with Gasteiger partial charge >= 0.3 is 5.97 Å². The van der Waals surface area contributed by atoms with Gasteiger partial charge in [0.15, 0.2) is 0 Å². The Kier molecular flexibility index (Phi) is 13.7. The van der Waals surface area contributed by atoms with E-state index in [1.165, 1.54) is 57.8 Å². The highest BCUT2D eigenvalue weighted by molar-refractivity contribution is 7.81. The Bertz CT molecular complexity index is 693. The number of thiol groups is 1. The van der Waals surface area contributed by atoms with Gasteiger partial charge in [-0.05, 0) is 40.4 Å². The van der Waals surface area contributed by atoms with Crippen molar-refractivity contribution in [2.24, 2.45) is 0 Å². The molecule has 0 aliphatic heterocycles. The van der Waals surface area contributed by atoms with E-state index in [9.17, 15) is 9.90 Å². The summed E-state index contributed by atoms with van der Waals surface area (Å²) >= 11 is 4.55. The topological polar surface area (TPSA) is 46.5 Å². The van der Waals surface area contributed by atoms with Crippen molar-refractivity contribution in [3.63, 3.8) is 0 Å². The summed E-state index contributed by atoms with van der Waals surface area (Å²) in [6, 6.07) is 4.04. The summed E-state index contributed by atoms with van der Waals surface area (Å²) in [5.41, 5.74) is 2.44. The van der Waals surface area contributed by atoms with Gasteiger partial charge in [0.2, 0.25) is 0 Å². The molecule has 0 aliphatic rings. The molecule has 1 unspecified atom stereocenters. The highest BCUT2D eigenvalue weighted by atomic mass is 32.1. The van der Waals surface area contributed by atoms with Crippen molar-refractivity contribution in [2.45, 2.75) is 142 Å². The summed E-state index contributed by atoms with van der Waals surface area (Å²) in [5, 5.41) is 10.4. The lowest BCUT2D eigenvalue weighted by atomic mass is 9.78. The molecule has 1 N–H and O–H groups in total. The molecule has 1 atom stereocenters. The van der Waals surface area contributed by atoms with E-state index in [-0.39, 0.29) is 16.8 Å². The standard InChI is InChI=1S/C30H52O3S/c1-8-9-10-11-12-13-14-15-16-17-18-19-33-28(32)26(34)22-23-20-24(29(2,3)4)27(31)25(21-23)30(5,6)7/h20-21,26,31,34H,8-19,22H2,1-7H3. The number of unbranched alkanes of at least 4 members (excludes halogenated alkanes) is 10. The van der Waals surface area contributed by atoms with E-state index in [0.29, 0.717) is 18.8 Å². The average Bonchev–Trinajstić information content (AvgIpc) is 2.73. The van der Waals surface area contributed by atoms with E-state index in [1.54, 1.807) is 0 Å². The van der Waals surface area contributed by atoms with Gasteiger partial charge in [-0.1, -0.05) is 125 Å². The molecular weight excluding hydrogens is 440 g/mol. The number of benzene rings is 1. The van der Waals surface area contributed by atoms with E-state index in [4.69, 9.17) is 4.74 Å². The van der Waals surface area contributed by atoms with Gasteiger partial charge in [-0.15, -0.1) is 0 Å². The predicted molar refractivity (Wildman–Crippen MR) is 149 cm³/mol. The number of ether oxygens (including phenoxy) is 1. The lowest BCUT2D eigenvalue weighted by molar-refractivity contribution is -0.143. The van der Waals surface area contributed by atoms with Crippen LogP contribution >= 0.6 is 12.6 Å². The number of hydrogen-bond acceptors (Lipinski definition) is 4. The van der Waals surface area contributed by atoms with Crippen LogP contribution in [0.15, 0.2) is 12.1 Å². The van der Waals surface area contributed by atoms with Crippen molar-refractivity contribution in [2.75, 3.05) is 6.61 Å². The number of esters is 1. The number of phenolic OH excluding ortho intramolecular Hbond substituents is 1. The van der Waals surface area contributed by atoms with Crippen LogP contribution in [-0.4, -0.2) is 22.9 Å². The summed E-state index contributed by atoms with van der Waals surface area (Å²) < 4.78 is 5.51. The lowest BCUT2D eigenvalue weighted by Gasteiger charge is -2.28. The van der Waals surface area contributed by atoms with E-state index in [2.05, 4.69) is 61.1 Å². The molecule has 196 valence electrons. The van der Waals surface area contributed by atoms with Crippen molar-refractivity contribution in [3.05, 3.63) is 28.8 Å². The molecule has 0 saturated carbocycles. The van der Waals surface area contributed by atoms with Crippen molar-refractivity contribution in [1.82, 2.24) is 0 Å². The second-order valence-electron chi connectivity index (χ2n) is 12.0. The molecule has 1 aromatic rings. The van der Waals surface area contributed by atoms with Gasteiger partial charge < -0.3 is 9.84 Å². The van der Waals surface area contributed by atoms with Crippen LogP contribution in [0, 0.1) is 0 Å². The van der Waals surface area contributed by atoms with Crippen molar-refractivity contribution in [3.8, 4) is 5.75 Å². The molecule has 0 heterocycles. The normalized spacial score (nSPS) is 13.2. The summed E-state index contributed by atoms with van der Waals surface area (Å²) in [7, 11) is 0. The Labute approximate surface area is 215 Å². The molecule has 1 rings (SSSR count). The first-order valence-corrected chi connectivity index (χ1v) is 14.1. The van der Waals surface area contributed by atoms with E-state index in [1.807, 2.05) is 12.1 Å². The van der Waals surface area contributed by atoms with E-state index < -0.39 is 5.25 Å². The van der Waals surface area contributed by atoms with Gasteiger partial charge in [0.1, 0.15) is 11.0 Å². The Balaban J connectivity index is 2.44. The first kappa shape index (κ1) is 30.9. The van der Waals surface area contributed by atoms with Crippen LogP contribution in [0.3, 0.4) is 0 Å². The highest BCUT2D eigenvalue weighted by Gasteiger charge is 2.27. The molecule has 4 heteroatoms. The molecule has 0 aliphatic carbocycles. The number of hydrogen-bond donors (Lipinski definition) is 2. The molecule has 3 nitrogen and oxygen atoms in total. The van der Waals surface area contributed by atoms with E-state index in [0.717, 1.165) is 29.5 Å². The summed E-state index contributed by atoms with van der Waals surface area (Å²) in [6.45, 7) is 15.3. The Morgan fingerprint density at radius 3 is 1.65 bits per heavy atom. The zero-order chi connectivity index (χ0) is 25.8. The third-order valence-electron chi connectivity index (χ3n) is 6.48. The van der Waals surface area contributed by atoms with Crippen molar-refractivity contribution < 1.29 is 14.6 Å². The SMILES string of the molecule is CCCCCCCCCCCCCOC(=O)C(S)Cc1cc(C(C)(C)C)c(O)c(C(C)(C)C)c1. The Hall–Kier alpha value is -1.16. The number of carbonyl (C=O) groups excluding carboxylic acids is 1. The maximum absolute atomic E-state index is 12.5. The highest BCUT2D eigenvalue weighted by Crippen LogP contribution is 2.40. The number of aromatic hydroxyl groups is 1. The molecule has 0 radical (unpaired) electrons. The zero-order valence-electron chi connectivity index (χ0n) is 23.1. The molecule has 0 aromatic heterocycles. The van der Waals surface area contributed by atoms with Crippen molar-refractivity contribution >= 4 is 18.6 Å². The fourth-order valence-corrected chi connectivity index (χ4v) is 4.58. The van der Waals surface area contributed by atoms with Crippen LogP contribution in [0.5, 0.6) is 5.75 Å².